The Labute approximate surface area is 94.1 Å². The first-order valence-corrected chi connectivity index (χ1v) is 5.07. The summed E-state index contributed by atoms with van der Waals surface area (Å²) in [4.78, 5) is 4.33. The monoisotopic (exact) mass is 215 g/mol. The van der Waals surface area contributed by atoms with E-state index in [9.17, 15) is 0 Å². The maximum Gasteiger partial charge on any atom is 0.0644 e. The Morgan fingerprint density at radius 2 is 1.73 bits per heavy atom. The fourth-order valence-electron chi connectivity index (χ4n) is 1.24. The molecule has 0 saturated carbocycles. The summed E-state index contributed by atoms with van der Waals surface area (Å²) in [6, 6.07) is 17.5. The van der Waals surface area contributed by atoms with Crippen molar-refractivity contribution in [1.82, 2.24) is 0 Å². The molecule has 2 rings (SSSR count). The van der Waals surface area contributed by atoms with Crippen molar-refractivity contribution in [3.8, 4) is 0 Å². The standard InChI is InChI=1S/C13H10ClN/c14-12-7-4-8-13(9-12)15-10-11-5-2-1-3-6-11/h1-10H/b15-10+. The third-order valence-corrected chi connectivity index (χ3v) is 2.21. The third-order valence-electron chi connectivity index (χ3n) is 1.97. The maximum absolute atomic E-state index is 5.85. The van der Waals surface area contributed by atoms with Gasteiger partial charge in [0.15, 0.2) is 0 Å². The van der Waals surface area contributed by atoms with Gasteiger partial charge in [-0.3, -0.25) is 4.99 Å². The summed E-state index contributed by atoms with van der Waals surface area (Å²) in [7, 11) is 0. The van der Waals surface area contributed by atoms with Crippen molar-refractivity contribution in [3.05, 3.63) is 65.2 Å². The first-order valence-electron chi connectivity index (χ1n) is 4.69. The summed E-state index contributed by atoms with van der Waals surface area (Å²) in [6.07, 6.45) is 1.83. The van der Waals surface area contributed by atoms with Crippen LogP contribution in [0.1, 0.15) is 5.56 Å². The number of halogens is 1. The molecule has 0 heterocycles. The Morgan fingerprint density at radius 3 is 2.47 bits per heavy atom. The van der Waals surface area contributed by atoms with Gasteiger partial charge in [-0.15, -0.1) is 0 Å². The molecule has 0 aliphatic rings. The predicted octanol–water partition coefficient (Wildman–Crippen LogP) is 4.09. The molecule has 74 valence electrons. The van der Waals surface area contributed by atoms with Crippen LogP contribution in [0.4, 0.5) is 5.69 Å². The molecule has 0 unspecified atom stereocenters. The molecule has 1 nitrogen and oxygen atoms in total. The Bertz CT molecular complexity index is 463. The van der Waals surface area contributed by atoms with Crippen LogP contribution in [0.2, 0.25) is 5.02 Å². The van der Waals surface area contributed by atoms with Gasteiger partial charge < -0.3 is 0 Å². The summed E-state index contributed by atoms with van der Waals surface area (Å²) >= 11 is 5.85. The largest absolute Gasteiger partial charge is 0.256 e. The average Bonchev–Trinajstić information content (AvgIpc) is 2.28. The first-order chi connectivity index (χ1) is 7.34. The lowest BCUT2D eigenvalue weighted by Gasteiger charge is -1.94. The zero-order valence-corrected chi connectivity index (χ0v) is 8.85. The van der Waals surface area contributed by atoms with Gasteiger partial charge >= 0.3 is 0 Å². The molecule has 0 aliphatic carbocycles. The van der Waals surface area contributed by atoms with Crippen molar-refractivity contribution in [1.29, 1.82) is 0 Å². The van der Waals surface area contributed by atoms with Crippen LogP contribution in [-0.4, -0.2) is 6.21 Å². The van der Waals surface area contributed by atoms with Crippen LogP contribution in [0.15, 0.2) is 59.6 Å². The van der Waals surface area contributed by atoms with Gasteiger partial charge in [-0.25, -0.2) is 0 Å². The minimum atomic E-state index is 0.706. The highest BCUT2D eigenvalue weighted by Gasteiger charge is 1.89. The quantitative estimate of drug-likeness (QED) is 0.669. The number of benzene rings is 2. The van der Waals surface area contributed by atoms with E-state index in [4.69, 9.17) is 11.6 Å². The second-order valence-corrected chi connectivity index (χ2v) is 3.59. The fraction of sp³-hybridized carbons (Fsp3) is 0. The summed E-state index contributed by atoms with van der Waals surface area (Å²) in [5.41, 5.74) is 1.95. The number of hydrogen-bond donors (Lipinski definition) is 0. The fourth-order valence-corrected chi connectivity index (χ4v) is 1.43. The molecule has 0 aliphatic heterocycles. The topological polar surface area (TPSA) is 12.4 Å². The smallest absolute Gasteiger partial charge is 0.0644 e. The molecule has 2 aromatic rings. The van der Waals surface area contributed by atoms with Gasteiger partial charge in [0.2, 0.25) is 0 Å². The Morgan fingerprint density at radius 1 is 0.933 bits per heavy atom. The number of rotatable bonds is 2. The molecule has 0 bridgehead atoms. The van der Waals surface area contributed by atoms with Gasteiger partial charge in [0.25, 0.3) is 0 Å². The van der Waals surface area contributed by atoms with E-state index >= 15 is 0 Å². The van der Waals surface area contributed by atoms with Crippen molar-refractivity contribution in [2.24, 2.45) is 4.99 Å². The first kappa shape index (κ1) is 9.94. The normalized spacial score (nSPS) is 10.7. The summed E-state index contributed by atoms with van der Waals surface area (Å²) in [6.45, 7) is 0. The van der Waals surface area contributed by atoms with Crippen LogP contribution >= 0.6 is 11.6 Å². The molecule has 2 heteroatoms. The van der Waals surface area contributed by atoms with Gasteiger partial charge in [-0.05, 0) is 23.8 Å². The minimum Gasteiger partial charge on any atom is -0.256 e. The van der Waals surface area contributed by atoms with E-state index in [0.29, 0.717) is 5.02 Å². The van der Waals surface area contributed by atoms with E-state index in [2.05, 4.69) is 4.99 Å². The van der Waals surface area contributed by atoms with E-state index in [1.807, 2.05) is 60.8 Å². The molecular weight excluding hydrogens is 206 g/mol. The lowest BCUT2D eigenvalue weighted by Crippen LogP contribution is -1.77. The van der Waals surface area contributed by atoms with Crippen LogP contribution in [-0.2, 0) is 0 Å². The van der Waals surface area contributed by atoms with E-state index < -0.39 is 0 Å². The highest BCUT2D eigenvalue weighted by Crippen LogP contribution is 2.17. The van der Waals surface area contributed by atoms with Gasteiger partial charge in [-0.1, -0.05) is 48.0 Å². The predicted molar refractivity (Wildman–Crippen MR) is 65.1 cm³/mol. The molecule has 0 N–H and O–H groups in total. The second kappa shape index (κ2) is 4.76. The van der Waals surface area contributed by atoms with Crippen LogP contribution in [0.3, 0.4) is 0 Å². The van der Waals surface area contributed by atoms with E-state index in [-0.39, 0.29) is 0 Å². The van der Waals surface area contributed by atoms with Gasteiger partial charge in [0.05, 0.1) is 5.69 Å². The van der Waals surface area contributed by atoms with Crippen molar-refractivity contribution in [2.45, 2.75) is 0 Å². The van der Waals surface area contributed by atoms with Crippen LogP contribution < -0.4 is 0 Å². The Balaban J connectivity index is 2.19. The number of nitrogens with zero attached hydrogens (tertiary/aromatic N) is 1. The van der Waals surface area contributed by atoms with E-state index in [0.717, 1.165) is 11.3 Å². The summed E-state index contributed by atoms with van der Waals surface area (Å²) in [5, 5.41) is 0.706. The van der Waals surface area contributed by atoms with E-state index in [1.54, 1.807) is 0 Å². The molecule has 0 fully saturated rings. The number of hydrogen-bond acceptors (Lipinski definition) is 1. The Hall–Kier alpha value is -1.60. The van der Waals surface area contributed by atoms with Crippen molar-refractivity contribution < 1.29 is 0 Å². The van der Waals surface area contributed by atoms with Crippen LogP contribution in [0, 0.1) is 0 Å². The highest BCUT2D eigenvalue weighted by molar-refractivity contribution is 6.30. The lowest BCUT2D eigenvalue weighted by atomic mass is 10.2. The SMILES string of the molecule is Clc1cccc(/N=C/c2ccccc2)c1. The number of aliphatic imine (C=N–C) groups is 1. The van der Waals surface area contributed by atoms with Gasteiger partial charge in [-0.2, -0.15) is 0 Å². The maximum atomic E-state index is 5.85. The van der Waals surface area contributed by atoms with Crippen LogP contribution in [0.5, 0.6) is 0 Å². The molecule has 0 saturated heterocycles. The van der Waals surface area contributed by atoms with Gasteiger partial charge in [0.1, 0.15) is 0 Å². The van der Waals surface area contributed by atoms with Gasteiger partial charge in [0, 0.05) is 11.2 Å². The average molecular weight is 216 g/mol. The third kappa shape index (κ3) is 2.93. The Kier molecular flexibility index (Phi) is 3.15. The molecule has 15 heavy (non-hydrogen) atoms. The molecule has 0 atom stereocenters. The second-order valence-electron chi connectivity index (χ2n) is 3.15. The molecule has 0 radical (unpaired) electrons. The summed E-state index contributed by atoms with van der Waals surface area (Å²) < 4.78 is 0. The van der Waals surface area contributed by atoms with Crippen molar-refractivity contribution in [2.75, 3.05) is 0 Å². The molecular formula is C13H10ClN. The van der Waals surface area contributed by atoms with E-state index in [1.165, 1.54) is 0 Å². The zero-order valence-electron chi connectivity index (χ0n) is 8.10. The summed E-state index contributed by atoms with van der Waals surface area (Å²) in [5.74, 6) is 0. The molecule has 0 amide bonds. The van der Waals surface area contributed by atoms with Crippen LogP contribution in [0.25, 0.3) is 0 Å². The molecule has 2 aromatic carbocycles. The molecule has 0 spiro atoms. The minimum absolute atomic E-state index is 0.706. The lowest BCUT2D eigenvalue weighted by molar-refractivity contribution is 1.52. The van der Waals surface area contributed by atoms with Crippen molar-refractivity contribution >= 4 is 23.5 Å². The highest BCUT2D eigenvalue weighted by atomic mass is 35.5. The van der Waals surface area contributed by atoms with Crippen molar-refractivity contribution in [3.63, 3.8) is 0 Å². The zero-order chi connectivity index (χ0) is 10.5. The molecule has 0 aromatic heterocycles.